The number of hydrogen-bond acceptors (Lipinski definition) is 4. The molecular formula is C18H27ClN6O. The van der Waals surface area contributed by atoms with E-state index >= 15 is 0 Å². The Labute approximate surface area is 160 Å². The Bertz CT molecular complexity index is 730. The lowest BCUT2D eigenvalue weighted by molar-refractivity contribution is 0.195. The molecule has 0 saturated carbocycles. The van der Waals surface area contributed by atoms with Gasteiger partial charge < -0.3 is 19.5 Å². The third-order valence-corrected chi connectivity index (χ3v) is 4.46. The number of benzene rings is 1. The van der Waals surface area contributed by atoms with E-state index < -0.39 is 0 Å². The zero-order chi connectivity index (χ0) is 18.9. The second-order valence-electron chi connectivity index (χ2n) is 6.08. The van der Waals surface area contributed by atoms with Gasteiger partial charge in [0.15, 0.2) is 11.8 Å². The van der Waals surface area contributed by atoms with E-state index in [0.29, 0.717) is 19.7 Å². The van der Waals surface area contributed by atoms with Gasteiger partial charge in [-0.25, -0.2) is 4.99 Å². The van der Waals surface area contributed by atoms with E-state index in [4.69, 9.17) is 21.3 Å². The molecule has 0 bridgehead atoms. The van der Waals surface area contributed by atoms with Crippen LogP contribution in [-0.2, 0) is 24.9 Å². The first-order valence-electron chi connectivity index (χ1n) is 8.59. The highest BCUT2D eigenvalue weighted by atomic mass is 35.5. The number of nitrogens with one attached hydrogen (secondary N) is 1. The molecule has 0 atom stereocenters. The summed E-state index contributed by atoms with van der Waals surface area (Å²) in [6.07, 6.45) is 0.901. The highest BCUT2D eigenvalue weighted by Gasteiger charge is 2.11. The second kappa shape index (κ2) is 10.1. The van der Waals surface area contributed by atoms with Crippen LogP contribution in [0.3, 0.4) is 0 Å². The van der Waals surface area contributed by atoms with Crippen LogP contribution >= 0.6 is 11.6 Å². The van der Waals surface area contributed by atoms with Gasteiger partial charge in [0.1, 0.15) is 12.4 Å². The quantitative estimate of drug-likeness (QED) is 0.434. The minimum Gasteiger partial charge on any atom is -0.385 e. The summed E-state index contributed by atoms with van der Waals surface area (Å²) < 4.78 is 7.06. The van der Waals surface area contributed by atoms with Gasteiger partial charge in [0.05, 0.1) is 0 Å². The number of aliphatic imine (C=N–C) groups is 1. The number of ether oxygens (including phenoxy) is 1. The van der Waals surface area contributed by atoms with E-state index in [-0.39, 0.29) is 0 Å². The largest absolute Gasteiger partial charge is 0.385 e. The summed E-state index contributed by atoms with van der Waals surface area (Å²) in [6, 6.07) is 7.84. The summed E-state index contributed by atoms with van der Waals surface area (Å²) in [5, 5.41) is 12.4. The number of aryl methyl sites for hydroxylation is 1. The number of halogens is 1. The van der Waals surface area contributed by atoms with Crippen LogP contribution < -0.4 is 5.32 Å². The Hall–Kier alpha value is -2.12. The number of nitrogens with zero attached hydrogens (tertiary/aromatic N) is 5. The fraction of sp³-hybridized carbons (Fsp3) is 0.500. The van der Waals surface area contributed by atoms with Crippen molar-refractivity contribution in [2.45, 2.75) is 26.4 Å². The highest BCUT2D eigenvalue weighted by Crippen LogP contribution is 2.16. The number of rotatable bonds is 8. The van der Waals surface area contributed by atoms with Crippen LogP contribution in [-0.4, -0.2) is 52.9 Å². The second-order valence-corrected chi connectivity index (χ2v) is 6.49. The lowest BCUT2D eigenvalue weighted by atomic mass is 10.2. The summed E-state index contributed by atoms with van der Waals surface area (Å²) in [4.78, 5) is 6.77. The van der Waals surface area contributed by atoms with Gasteiger partial charge in [-0.1, -0.05) is 29.8 Å². The predicted molar refractivity (Wildman–Crippen MR) is 104 cm³/mol. The maximum atomic E-state index is 6.29. The Morgan fingerprint density at radius 3 is 2.77 bits per heavy atom. The van der Waals surface area contributed by atoms with E-state index in [9.17, 15) is 0 Å². The Balaban J connectivity index is 2.09. The van der Waals surface area contributed by atoms with Gasteiger partial charge in [0.25, 0.3) is 0 Å². The zero-order valence-electron chi connectivity index (χ0n) is 15.9. The van der Waals surface area contributed by atoms with Crippen LogP contribution in [0.15, 0.2) is 29.3 Å². The molecule has 7 nitrogen and oxygen atoms in total. The van der Waals surface area contributed by atoms with Crippen molar-refractivity contribution in [2.75, 3.05) is 27.3 Å². The molecule has 0 aliphatic carbocycles. The highest BCUT2D eigenvalue weighted by molar-refractivity contribution is 6.31. The maximum absolute atomic E-state index is 6.29. The van der Waals surface area contributed by atoms with E-state index in [0.717, 1.165) is 41.2 Å². The van der Waals surface area contributed by atoms with Gasteiger partial charge in [-0.05, 0) is 25.0 Å². The Kier molecular flexibility index (Phi) is 7.87. The molecule has 26 heavy (non-hydrogen) atoms. The van der Waals surface area contributed by atoms with Crippen LogP contribution in [0, 0.1) is 6.92 Å². The summed E-state index contributed by atoms with van der Waals surface area (Å²) in [7, 11) is 5.64. The lowest BCUT2D eigenvalue weighted by Crippen LogP contribution is -2.39. The maximum Gasteiger partial charge on any atom is 0.194 e. The average Bonchev–Trinajstić information content (AvgIpc) is 2.95. The molecule has 1 aromatic carbocycles. The molecule has 1 heterocycles. The first-order valence-corrected chi connectivity index (χ1v) is 8.97. The lowest BCUT2D eigenvalue weighted by Gasteiger charge is -2.23. The molecule has 0 fully saturated rings. The Morgan fingerprint density at radius 2 is 2.12 bits per heavy atom. The molecule has 1 aromatic heterocycles. The molecule has 0 aliphatic rings. The average molecular weight is 379 g/mol. The molecule has 0 aliphatic heterocycles. The molecule has 0 unspecified atom stereocenters. The van der Waals surface area contributed by atoms with Gasteiger partial charge in [-0.15, -0.1) is 10.2 Å². The molecular weight excluding hydrogens is 352 g/mol. The molecule has 1 N–H and O–H groups in total. The first-order chi connectivity index (χ1) is 12.5. The van der Waals surface area contributed by atoms with Crippen LogP contribution in [0.2, 0.25) is 5.02 Å². The van der Waals surface area contributed by atoms with E-state index in [1.165, 1.54) is 0 Å². The Morgan fingerprint density at radius 1 is 1.35 bits per heavy atom. The van der Waals surface area contributed by atoms with Crippen molar-refractivity contribution in [1.82, 2.24) is 25.0 Å². The van der Waals surface area contributed by atoms with Crippen molar-refractivity contribution in [3.05, 3.63) is 46.5 Å². The van der Waals surface area contributed by atoms with Crippen molar-refractivity contribution in [2.24, 2.45) is 12.0 Å². The normalized spacial score (nSPS) is 11.7. The fourth-order valence-electron chi connectivity index (χ4n) is 2.42. The topological polar surface area (TPSA) is 67.6 Å². The SMILES string of the molecule is COCCCNC(=NCc1nnc(C)n1C)N(C)Cc1ccccc1Cl. The first kappa shape index (κ1) is 20.2. The van der Waals surface area contributed by atoms with Crippen molar-refractivity contribution in [1.29, 1.82) is 0 Å². The summed E-state index contributed by atoms with van der Waals surface area (Å²) >= 11 is 6.29. The fourth-order valence-corrected chi connectivity index (χ4v) is 2.62. The van der Waals surface area contributed by atoms with Gasteiger partial charge in [0, 0.05) is 45.9 Å². The third kappa shape index (κ3) is 5.71. The molecule has 0 amide bonds. The smallest absolute Gasteiger partial charge is 0.194 e. The molecule has 0 saturated heterocycles. The van der Waals surface area contributed by atoms with E-state index in [1.54, 1.807) is 7.11 Å². The molecule has 0 spiro atoms. The van der Waals surface area contributed by atoms with Crippen molar-refractivity contribution < 1.29 is 4.74 Å². The summed E-state index contributed by atoms with van der Waals surface area (Å²) in [5.74, 6) is 2.49. The van der Waals surface area contributed by atoms with E-state index in [1.807, 2.05) is 49.9 Å². The third-order valence-electron chi connectivity index (χ3n) is 4.09. The molecule has 2 rings (SSSR count). The standard InChI is InChI=1S/C18H27ClN6O/c1-14-22-23-17(25(14)3)12-21-18(20-10-7-11-26-4)24(2)13-15-8-5-6-9-16(15)19/h5-6,8-9H,7,10-13H2,1-4H3,(H,20,21). The summed E-state index contributed by atoms with van der Waals surface area (Å²) in [6.45, 7) is 4.52. The number of hydrogen-bond donors (Lipinski definition) is 1. The van der Waals surface area contributed by atoms with Crippen molar-refractivity contribution in [3.63, 3.8) is 0 Å². The van der Waals surface area contributed by atoms with Crippen LogP contribution in [0.1, 0.15) is 23.6 Å². The van der Waals surface area contributed by atoms with Crippen LogP contribution in [0.4, 0.5) is 0 Å². The van der Waals surface area contributed by atoms with Crippen LogP contribution in [0.5, 0.6) is 0 Å². The van der Waals surface area contributed by atoms with Crippen LogP contribution in [0.25, 0.3) is 0 Å². The van der Waals surface area contributed by atoms with Gasteiger partial charge in [-0.2, -0.15) is 0 Å². The molecule has 2 aromatic rings. The zero-order valence-corrected chi connectivity index (χ0v) is 16.6. The summed E-state index contributed by atoms with van der Waals surface area (Å²) in [5.41, 5.74) is 1.05. The minimum absolute atomic E-state index is 0.455. The molecule has 0 radical (unpaired) electrons. The van der Waals surface area contributed by atoms with Gasteiger partial charge in [-0.3, -0.25) is 0 Å². The monoisotopic (exact) mass is 378 g/mol. The van der Waals surface area contributed by atoms with Gasteiger partial charge in [0.2, 0.25) is 0 Å². The number of guanidine groups is 1. The van der Waals surface area contributed by atoms with E-state index in [2.05, 4.69) is 20.4 Å². The van der Waals surface area contributed by atoms with Crippen molar-refractivity contribution >= 4 is 17.6 Å². The molecule has 142 valence electrons. The van der Waals surface area contributed by atoms with Gasteiger partial charge >= 0.3 is 0 Å². The molecule has 8 heteroatoms. The number of methoxy groups -OCH3 is 1. The predicted octanol–water partition coefficient (Wildman–Crippen LogP) is 2.39. The minimum atomic E-state index is 0.455. The number of aromatic nitrogens is 3. The van der Waals surface area contributed by atoms with Crippen molar-refractivity contribution in [3.8, 4) is 0 Å².